The van der Waals surface area contributed by atoms with E-state index in [-0.39, 0.29) is 5.91 Å². The molecular formula is C13H13N3O2. The number of carbonyl (C=O) groups is 2. The summed E-state index contributed by atoms with van der Waals surface area (Å²) in [5.41, 5.74) is 1.91. The van der Waals surface area contributed by atoms with E-state index in [1.165, 1.54) is 17.7 Å². The number of rotatable bonds is 3. The standard InChI is InChI=1S/C13H13N3O2/c1-2-9-3-5-10(6-4-9)14-13(18)11-7-8-12(17)16-15-11/h3-8,11H,2H2,1H3,(H,14,18). The number of azo groups is 1. The smallest absolute Gasteiger partial charge is 0.287 e. The predicted molar refractivity (Wildman–Crippen MR) is 67.2 cm³/mol. The van der Waals surface area contributed by atoms with E-state index >= 15 is 0 Å². The normalized spacial score (nSPS) is 17.8. The quantitative estimate of drug-likeness (QED) is 0.883. The van der Waals surface area contributed by atoms with Gasteiger partial charge in [-0.3, -0.25) is 9.59 Å². The molecule has 0 saturated heterocycles. The zero-order chi connectivity index (χ0) is 13.0. The van der Waals surface area contributed by atoms with Crippen LogP contribution in [-0.4, -0.2) is 17.9 Å². The number of nitrogens with zero attached hydrogens (tertiary/aromatic N) is 2. The molecule has 2 rings (SSSR count). The van der Waals surface area contributed by atoms with Gasteiger partial charge in [0, 0.05) is 11.8 Å². The van der Waals surface area contributed by atoms with Crippen LogP contribution >= 0.6 is 0 Å². The molecule has 18 heavy (non-hydrogen) atoms. The summed E-state index contributed by atoms with van der Waals surface area (Å²) >= 11 is 0. The van der Waals surface area contributed by atoms with Gasteiger partial charge >= 0.3 is 0 Å². The van der Waals surface area contributed by atoms with Gasteiger partial charge in [-0.2, -0.15) is 5.11 Å². The monoisotopic (exact) mass is 243 g/mol. The van der Waals surface area contributed by atoms with Crippen molar-refractivity contribution < 1.29 is 9.59 Å². The Bertz CT molecular complexity index is 502. The maximum absolute atomic E-state index is 11.8. The summed E-state index contributed by atoms with van der Waals surface area (Å²) < 4.78 is 0. The van der Waals surface area contributed by atoms with Crippen molar-refractivity contribution >= 4 is 17.5 Å². The van der Waals surface area contributed by atoms with Gasteiger partial charge in [0.2, 0.25) is 0 Å². The van der Waals surface area contributed by atoms with Crippen molar-refractivity contribution in [1.29, 1.82) is 0 Å². The molecule has 1 atom stereocenters. The molecule has 1 aromatic rings. The maximum Gasteiger partial charge on any atom is 0.287 e. The average molecular weight is 243 g/mol. The van der Waals surface area contributed by atoms with Crippen molar-refractivity contribution in [2.24, 2.45) is 10.2 Å². The Balaban J connectivity index is 2.00. The van der Waals surface area contributed by atoms with Crippen molar-refractivity contribution in [2.45, 2.75) is 19.4 Å². The molecule has 1 aliphatic heterocycles. The van der Waals surface area contributed by atoms with E-state index in [1.807, 2.05) is 24.3 Å². The third-order valence-corrected chi connectivity index (χ3v) is 2.60. The number of amides is 2. The van der Waals surface area contributed by atoms with Crippen LogP contribution in [0.3, 0.4) is 0 Å². The molecular weight excluding hydrogens is 230 g/mol. The first-order chi connectivity index (χ1) is 8.69. The summed E-state index contributed by atoms with van der Waals surface area (Å²) in [5, 5.41) is 9.68. The lowest BCUT2D eigenvalue weighted by Gasteiger charge is -2.10. The molecule has 0 spiro atoms. The van der Waals surface area contributed by atoms with Crippen LogP contribution in [0.2, 0.25) is 0 Å². The van der Waals surface area contributed by atoms with Gasteiger partial charge in [-0.25, -0.2) is 0 Å². The van der Waals surface area contributed by atoms with Crippen molar-refractivity contribution in [2.75, 3.05) is 5.32 Å². The Morgan fingerprint density at radius 3 is 2.61 bits per heavy atom. The van der Waals surface area contributed by atoms with Gasteiger partial charge in [0.05, 0.1) is 0 Å². The van der Waals surface area contributed by atoms with Crippen molar-refractivity contribution in [3.05, 3.63) is 42.0 Å². The highest BCUT2D eigenvalue weighted by Crippen LogP contribution is 2.12. The molecule has 2 amide bonds. The van der Waals surface area contributed by atoms with E-state index in [9.17, 15) is 9.59 Å². The number of benzene rings is 1. The van der Waals surface area contributed by atoms with E-state index in [4.69, 9.17) is 0 Å². The van der Waals surface area contributed by atoms with Gasteiger partial charge in [-0.05, 0) is 30.2 Å². The van der Waals surface area contributed by atoms with Crippen LogP contribution in [-0.2, 0) is 16.0 Å². The first-order valence-corrected chi connectivity index (χ1v) is 5.72. The fourth-order valence-electron chi connectivity index (χ4n) is 1.54. The van der Waals surface area contributed by atoms with E-state index in [0.717, 1.165) is 6.42 Å². The predicted octanol–water partition coefficient (Wildman–Crippen LogP) is 2.10. The maximum atomic E-state index is 11.8. The topological polar surface area (TPSA) is 70.9 Å². The Hall–Kier alpha value is -2.30. The zero-order valence-corrected chi connectivity index (χ0v) is 9.96. The van der Waals surface area contributed by atoms with Gasteiger partial charge in [0.25, 0.3) is 11.8 Å². The van der Waals surface area contributed by atoms with E-state index in [2.05, 4.69) is 22.5 Å². The third kappa shape index (κ3) is 2.88. The van der Waals surface area contributed by atoms with Gasteiger partial charge < -0.3 is 5.32 Å². The molecule has 0 aromatic heterocycles. The van der Waals surface area contributed by atoms with Crippen LogP contribution in [0.15, 0.2) is 46.6 Å². The summed E-state index contributed by atoms with van der Waals surface area (Å²) in [6.07, 6.45) is 3.64. The van der Waals surface area contributed by atoms with Crippen molar-refractivity contribution in [3.63, 3.8) is 0 Å². The lowest BCUT2D eigenvalue weighted by atomic mass is 10.1. The molecule has 0 aliphatic carbocycles. The molecule has 0 bridgehead atoms. The number of hydrogen-bond acceptors (Lipinski definition) is 3. The highest BCUT2D eigenvalue weighted by atomic mass is 16.2. The first kappa shape index (κ1) is 12.2. The van der Waals surface area contributed by atoms with Gasteiger partial charge in [0.1, 0.15) is 0 Å². The Kier molecular flexibility index (Phi) is 3.62. The second-order valence-corrected chi connectivity index (χ2v) is 3.90. The minimum Gasteiger partial charge on any atom is -0.324 e. The summed E-state index contributed by atoms with van der Waals surface area (Å²) in [6, 6.07) is 6.86. The van der Waals surface area contributed by atoms with Crippen LogP contribution in [0.25, 0.3) is 0 Å². The molecule has 0 fully saturated rings. The Morgan fingerprint density at radius 2 is 2.06 bits per heavy atom. The largest absolute Gasteiger partial charge is 0.324 e. The summed E-state index contributed by atoms with van der Waals surface area (Å²) in [5.74, 6) is -0.738. The minimum atomic E-state index is -0.728. The molecule has 5 heteroatoms. The number of nitrogens with one attached hydrogen (secondary N) is 1. The molecule has 5 nitrogen and oxygen atoms in total. The number of aryl methyl sites for hydroxylation is 1. The van der Waals surface area contributed by atoms with Crippen LogP contribution in [0.4, 0.5) is 5.69 Å². The molecule has 1 aromatic carbocycles. The summed E-state index contributed by atoms with van der Waals surface area (Å²) in [7, 11) is 0. The number of anilines is 1. The van der Waals surface area contributed by atoms with Crippen LogP contribution in [0.1, 0.15) is 12.5 Å². The molecule has 1 N–H and O–H groups in total. The van der Waals surface area contributed by atoms with E-state index in [1.54, 1.807) is 0 Å². The van der Waals surface area contributed by atoms with E-state index < -0.39 is 11.9 Å². The first-order valence-electron chi connectivity index (χ1n) is 5.72. The second-order valence-electron chi connectivity index (χ2n) is 3.90. The molecule has 1 heterocycles. The van der Waals surface area contributed by atoms with Crippen LogP contribution in [0, 0.1) is 0 Å². The Morgan fingerprint density at radius 1 is 1.33 bits per heavy atom. The lowest BCUT2D eigenvalue weighted by molar-refractivity contribution is -0.117. The van der Waals surface area contributed by atoms with Crippen LogP contribution < -0.4 is 5.32 Å². The van der Waals surface area contributed by atoms with Gasteiger partial charge in [-0.1, -0.05) is 19.1 Å². The zero-order valence-electron chi connectivity index (χ0n) is 9.96. The van der Waals surface area contributed by atoms with Crippen molar-refractivity contribution in [3.8, 4) is 0 Å². The van der Waals surface area contributed by atoms with Gasteiger partial charge in [-0.15, -0.1) is 5.11 Å². The minimum absolute atomic E-state index is 0.299. The highest BCUT2D eigenvalue weighted by molar-refractivity contribution is 5.98. The molecule has 0 saturated carbocycles. The summed E-state index contributed by atoms with van der Waals surface area (Å²) in [4.78, 5) is 22.6. The average Bonchev–Trinajstić information content (AvgIpc) is 2.40. The molecule has 1 unspecified atom stereocenters. The summed E-state index contributed by atoms with van der Waals surface area (Å²) in [6.45, 7) is 2.07. The third-order valence-electron chi connectivity index (χ3n) is 2.60. The van der Waals surface area contributed by atoms with E-state index in [0.29, 0.717) is 5.69 Å². The lowest BCUT2D eigenvalue weighted by Crippen LogP contribution is -2.25. The highest BCUT2D eigenvalue weighted by Gasteiger charge is 2.18. The van der Waals surface area contributed by atoms with Crippen molar-refractivity contribution in [1.82, 2.24) is 0 Å². The van der Waals surface area contributed by atoms with Crippen LogP contribution in [0.5, 0.6) is 0 Å². The second kappa shape index (κ2) is 5.35. The Labute approximate surface area is 105 Å². The fraction of sp³-hybridized carbons (Fsp3) is 0.231. The van der Waals surface area contributed by atoms with Gasteiger partial charge in [0.15, 0.2) is 6.04 Å². The number of carbonyl (C=O) groups excluding carboxylic acids is 2. The number of hydrogen-bond donors (Lipinski definition) is 1. The SMILES string of the molecule is CCc1ccc(NC(=O)C2C=CC(=O)N=N2)cc1. The molecule has 0 radical (unpaired) electrons. The molecule has 1 aliphatic rings. The molecule has 92 valence electrons. The fourth-order valence-corrected chi connectivity index (χ4v) is 1.54.